The molecule has 3 rings (SSSR count). The Bertz CT molecular complexity index is 787. The zero-order valence-corrected chi connectivity index (χ0v) is 13.6. The first-order chi connectivity index (χ1) is 12.3. The van der Waals surface area contributed by atoms with Gasteiger partial charge in [0.05, 0.1) is 24.3 Å². The average Bonchev–Trinajstić information content (AvgIpc) is 2.63. The molecule has 10 heteroatoms. The van der Waals surface area contributed by atoms with Gasteiger partial charge in [-0.2, -0.15) is 13.2 Å². The first kappa shape index (κ1) is 19.4. The van der Waals surface area contributed by atoms with Crippen LogP contribution in [0.15, 0.2) is 41.5 Å². The van der Waals surface area contributed by atoms with Crippen molar-refractivity contribution in [1.29, 1.82) is 0 Å². The lowest BCUT2D eigenvalue weighted by Crippen LogP contribution is -2.36. The molecule has 3 heterocycles. The average molecular weight is 370 g/mol. The number of rotatable bonds is 2. The standard InChI is InChI=1S/C9H12N2O.C7H5F3N2O2/c1-2-4-10-9(3-1)11-5-7-12-8-6-11;8-7(9,10)4-1-5(13)12-2-3(4)6(11)14/h1-4H,5-8H2;1-2H,(H2,11,14)(H,12,13). The van der Waals surface area contributed by atoms with Crippen LogP contribution in [0, 0.1) is 0 Å². The van der Waals surface area contributed by atoms with Crippen molar-refractivity contribution in [2.45, 2.75) is 6.18 Å². The second-order valence-electron chi connectivity index (χ2n) is 5.27. The van der Waals surface area contributed by atoms with E-state index in [1.165, 1.54) is 0 Å². The van der Waals surface area contributed by atoms with E-state index < -0.39 is 28.8 Å². The Balaban J connectivity index is 0.000000189. The number of nitrogens with two attached hydrogens (primary N) is 1. The Morgan fingerprint density at radius 3 is 2.50 bits per heavy atom. The molecule has 0 unspecified atom stereocenters. The number of aromatic nitrogens is 2. The predicted molar refractivity (Wildman–Crippen MR) is 87.9 cm³/mol. The van der Waals surface area contributed by atoms with E-state index >= 15 is 0 Å². The smallest absolute Gasteiger partial charge is 0.378 e. The molecule has 0 saturated carbocycles. The molecule has 1 aliphatic rings. The number of primary amides is 1. The quantitative estimate of drug-likeness (QED) is 0.832. The Labute approximate surface area is 146 Å². The monoisotopic (exact) mass is 370 g/mol. The highest BCUT2D eigenvalue weighted by atomic mass is 19.4. The largest absolute Gasteiger partial charge is 0.417 e. The van der Waals surface area contributed by atoms with Gasteiger partial charge in [0, 0.05) is 31.5 Å². The van der Waals surface area contributed by atoms with Crippen molar-refractivity contribution in [3.05, 3.63) is 58.1 Å². The number of pyridine rings is 2. The maximum absolute atomic E-state index is 12.2. The number of H-pyrrole nitrogens is 1. The lowest BCUT2D eigenvalue weighted by Gasteiger charge is -2.27. The van der Waals surface area contributed by atoms with Gasteiger partial charge >= 0.3 is 6.18 Å². The van der Waals surface area contributed by atoms with Crippen molar-refractivity contribution >= 4 is 11.7 Å². The minimum atomic E-state index is -4.77. The van der Waals surface area contributed by atoms with Crippen LogP contribution in [0.5, 0.6) is 0 Å². The lowest BCUT2D eigenvalue weighted by molar-refractivity contribution is -0.138. The zero-order chi connectivity index (χ0) is 19.2. The summed E-state index contributed by atoms with van der Waals surface area (Å²) in [6.45, 7) is 3.54. The maximum atomic E-state index is 12.2. The van der Waals surface area contributed by atoms with Gasteiger partial charge < -0.3 is 20.4 Å². The van der Waals surface area contributed by atoms with E-state index in [2.05, 4.69) is 9.88 Å². The number of anilines is 1. The van der Waals surface area contributed by atoms with E-state index in [9.17, 15) is 22.8 Å². The molecule has 1 saturated heterocycles. The third kappa shape index (κ3) is 5.31. The summed E-state index contributed by atoms with van der Waals surface area (Å²) >= 11 is 0. The lowest BCUT2D eigenvalue weighted by atomic mass is 10.1. The number of aromatic amines is 1. The van der Waals surface area contributed by atoms with E-state index in [1.54, 1.807) is 0 Å². The van der Waals surface area contributed by atoms with Gasteiger partial charge in [0.25, 0.3) is 5.91 Å². The van der Waals surface area contributed by atoms with Crippen LogP contribution in [-0.2, 0) is 10.9 Å². The number of halogens is 3. The molecule has 1 aliphatic heterocycles. The molecule has 140 valence electrons. The van der Waals surface area contributed by atoms with Crippen LogP contribution in [0.1, 0.15) is 15.9 Å². The molecule has 0 spiro atoms. The number of amides is 1. The van der Waals surface area contributed by atoms with Crippen molar-refractivity contribution < 1.29 is 22.7 Å². The van der Waals surface area contributed by atoms with Crippen LogP contribution in [0.3, 0.4) is 0 Å². The highest BCUT2D eigenvalue weighted by molar-refractivity contribution is 5.94. The molecule has 7 nitrogen and oxygen atoms in total. The Morgan fingerprint density at radius 1 is 1.27 bits per heavy atom. The van der Waals surface area contributed by atoms with Gasteiger partial charge in [-0.25, -0.2) is 4.98 Å². The van der Waals surface area contributed by atoms with Crippen LogP contribution in [0.25, 0.3) is 0 Å². The molecule has 1 fully saturated rings. The molecular weight excluding hydrogens is 353 g/mol. The minimum absolute atomic E-state index is 0.292. The third-order valence-corrected chi connectivity index (χ3v) is 3.48. The summed E-state index contributed by atoms with van der Waals surface area (Å²) in [6.07, 6.45) is -2.29. The second kappa shape index (κ2) is 8.48. The van der Waals surface area contributed by atoms with Gasteiger partial charge in [0.1, 0.15) is 5.82 Å². The van der Waals surface area contributed by atoms with Crippen LogP contribution < -0.4 is 16.2 Å². The Kier molecular flexibility index (Phi) is 6.34. The molecule has 0 atom stereocenters. The molecule has 1 amide bonds. The molecule has 0 aromatic carbocycles. The van der Waals surface area contributed by atoms with Gasteiger partial charge in [0.15, 0.2) is 0 Å². The summed E-state index contributed by atoms with van der Waals surface area (Å²) in [5.74, 6) is -0.186. The van der Waals surface area contributed by atoms with Gasteiger partial charge in [-0.15, -0.1) is 0 Å². The SMILES string of the molecule is NC(=O)c1c[nH]c(=O)cc1C(F)(F)F.c1ccc(N2CCOCC2)nc1. The maximum Gasteiger partial charge on any atom is 0.417 e. The number of alkyl halides is 3. The van der Waals surface area contributed by atoms with Crippen LogP contribution in [0.4, 0.5) is 19.0 Å². The molecular formula is C16H17F3N4O3. The number of nitrogens with one attached hydrogen (secondary N) is 1. The number of carbonyl (C=O) groups is 1. The van der Waals surface area contributed by atoms with Crippen LogP contribution in [-0.4, -0.2) is 42.2 Å². The van der Waals surface area contributed by atoms with E-state index in [1.807, 2.05) is 29.4 Å². The molecule has 0 aliphatic carbocycles. The number of carbonyl (C=O) groups excluding carboxylic acids is 1. The zero-order valence-electron chi connectivity index (χ0n) is 13.6. The number of hydrogen-bond donors (Lipinski definition) is 2. The first-order valence-electron chi connectivity index (χ1n) is 7.62. The molecule has 26 heavy (non-hydrogen) atoms. The highest BCUT2D eigenvalue weighted by Crippen LogP contribution is 2.30. The number of hydrogen-bond acceptors (Lipinski definition) is 5. The number of morpholine rings is 1. The summed E-state index contributed by atoms with van der Waals surface area (Å²) < 4.78 is 41.9. The third-order valence-electron chi connectivity index (χ3n) is 3.48. The predicted octanol–water partition coefficient (Wildman–Crippen LogP) is 1.41. The second-order valence-corrected chi connectivity index (χ2v) is 5.27. The fourth-order valence-corrected chi connectivity index (χ4v) is 2.24. The van der Waals surface area contributed by atoms with E-state index in [0.717, 1.165) is 32.1 Å². The summed E-state index contributed by atoms with van der Waals surface area (Å²) in [6, 6.07) is 6.27. The Hall–Kier alpha value is -2.88. The van der Waals surface area contributed by atoms with Gasteiger partial charge in [0.2, 0.25) is 5.56 Å². The number of ether oxygens (including phenoxy) is 1. The molecule has 2 aromatic rings. The van der Waals surface area contributed by atoms with E-state index in [-0.39, 0.29) is 0 Å². The summed E-state index contributed by atoms with van der Waals surface area (Å²) in [7, 11) is 0. The Morgan fingerprint density at radius 2 is 1.96 bits per heavy atom. The van der Waals surface area contributed by atoms with Crippen LogP contribution >= 0.6 is 0 Å². The first-order valence-corrected chi connectivity index (χ1v) is 7.62. The highest BCUT2D eigenvalue weighted by Gasteiger charge is 2.35. The number of nitrogens with zero attached hydrogens (tertiary/aromatic N) is 2. The summed E-state index contributed by atoms with van der Waals surface area (Å²) in [5, 5.41) is 0. The van der Waals surface area contributed by atoms with Crippen LogP contribution in [0.2, 0.25) is 0 Å². The summed E-state index contributed by atoms with van der Waals surface area (Å²) in [5.41, 5.74) is 1.68. The topological polar surface area (TPSA) is 101 Å². The molecule has 2 aromatic heterocycles. The fourth-order valence-electron chi connectivity index (χ4n) is 2.24. The summed E-state index contributed by atoms with van der Waals surface area (Å²) in [4.78, 5) is 29.6. The van der Waals surface area contributed by atoms with E-state index in [0.29, 0.717) is 12.3 Å². The van der Waals surface area contributed by atoms with Crippen molar-refractivity contribution in [3.8, 4) is 0 Å². The van der Waals surface area contributed by atoms with Crippen molar-refractivity contribution in [1.82, 2.24) is 9.97 Å². The van der Waals surface area contributed by atoms with Crippen molar-refractivity contribution in [3.63, 3.8) is 0 Å². The van der Waals surface area contributed by atoms with Gasteiger partial charge in [-0.1, -0.05) is 6.07 Å². The minimum Gasteiger partial charge on any atom is -0.378 e. The molecule has 0 bridgehead atoms. The van der Waals surface area contributed by atoms with Crippen molar-refractivity contribution in [2.24, 2.45) is 5.73 Å². The van der Waals surface area contributed by atoms with E-state index in [4.69, 9.17) is 10.5 Å². The van der Waals surface area contributed by atoms with Gasteiger partial charge in [-0.3, -0.25) is 9.59 Å². The molecule has 0 radical (unpaired) electrons. The van der Waals surface area contributed by atoms with Gasteiger partial charge in [-0.05, 0) is 12.1 Å². The fraction of sp³-hybridized carbons (Fsp3) is 0.312. The van der Waals surface area contributed by atoms with Crippen molar-refractivity contribution in [2.75, 3.05) is 31.2 Å². The normalized spacial score (nSPS) is 14.3. The molecule has 3 N–H and O–H groups in total.